The monoisotopic (exact) mass is 337 g/mol. The van der Waals surface area contributed by atoms with Crippen LogP contribution in [0.3, 0.4) is 0 Å². The lowest BCUT2D eigenvalue weighted by molar-refractivity contribution is -0.117. The molecule has 1 aliphatic carbocycles. The molecule has 122 valence electrons. The van der Waals surface area contributed by atoms with Gasteiger partial charge in [0, 0.05) is 31.3 Å². The molecule has 2 aromatic rings. The molecule has 2 aliphatic rings. The second-order valence-corrected chi connectivity index (χ2v) is 7.75. The number of nitrogens with zero attached hydrogens (tertiary/aromatic N) is 1. The highest BCUT2D eigenvalue weighted by Gasteiger charge is 2.31. The number of benzene rings is 2. The number of rotatable bonds is 3. The van der Waals surface area contributed by atoms with E-state index in [4.69, 9.17) is 0 Å². The molecule has 1 unspecified atom stereocenters. The number of thioether (sulfide) groups is 1. The number of hydrogen-bond donors (Lipinski definition) is 0. The van der Waals surface area contributed by atoms with Crippen molar-refractivity contribution in [1.29, 1.82) is 0 Å². The van der Waals surface area contributed by atoms with E-state index >= 15 is 0 Å². The SMILES string of the molecule is CC(=O)SCC1CC(=O)N(c2ccc3c(c2)Cc2ccccc2-3)C1. The lowest BCUT2D eigenvalue weighted by Gasteiger charge is -2.18. The third-order valence-electron chi connectivity index (χ3n) is 4.82. The minimum absolute atomic E-state index is 0.121. The summed E-state index contributed by atoms with van der Waals surface area (Å²) < 4.78 is 0. The number of anilines is 1. The molecule has 1 atom stereocenters. The fourth-order valence-corrected chi connectivity index (χ4v) is 4.37. The Morgan fingerprint density at radius 1 is 1.17 bits per heavy atom. The van der Waals surface area contributed by atoms with Gasteiger partial charge in [0.2, 0.25) is 5.91 Å². The normalized spacial score (nSPS) is 18.6. The zero-order valence-corrected chi connectivity index (χ0v) is 14.4. The number of carbonyl (C=O) groups excluding carboxylic acids is 2. The molecule has 4 rings (SSSR count). The minimum atomic E-state index is 0.121. The van der Waals surface area contributed by atoms with Gasteiger partial charge in [-0.2, -0.15) is 0 Å². The highest BCUT2D eigenvalue weighted by molar-refractivity contribution is 8.13. The first-order valence-electron chi connectivity index (χ1n) is 8.27. The Morgan fingerprint density at radius 2 is 1.96 bits per heavy atom. The number of amides is 1. The van der Waals surface area contributed by atoms with Gasteiger partial charge in [-0.15, -0.1) is 0 Å². The van der Waals surface area contributed by atoms with Crippen LogP contribution in [0.25, 0.3) is 11.1 Å². The first kappa shape index (κ1) is 15.5. The van der Waals surface area contributed by atoms with Gasteiger partial charge >= 0.3 is 0 Å². The maximum Gasteiger partial charge on any atom is 0.227 e. The highest BCUT2D eigenvalue weighted by atomic mass is 32.2. The maximum absolute atomic E-state index is 12.4. The lowest BCUT2D eigenvalue weighted by Crippen LogP contribution is -2.24. The van der Waals surface area contributed by atoms with Crippen LogP contribution in [0.1, 0.15) is 24.5 Å². The van der Waals surface area contributed by atoms with Gasteiger partial charge in [-0.3, -0.25) is 9.59 Å². The largest absolute Gasteiger partial charge is 0.312 e. The molecule has 0 saturated carbocycles. The van der Waals surface area contributed by atoms with Crippen molar-refractivity contribution in [3.8, 4) is 11.1 Å². The minimum Gasteiger partial charge on any atom is -0.312 e. The fraction of sp³-hybridized carbons (Fsp3) is 0.300. The van der Waals surface area contributed by atoms with Gasteiger partial charge < -0.3 is 4.90 Å². The van der Waals surface area contributed by atoms with Crippen LogP contribution in [0.5, 0.6) is 0 Å². The van der Waals surface area contributed by atoms with Gasteiger partial charge in [0.1, 0.15) is 0 Å². The predicted molar refractivity (Wildman–Crippen MR) is 98.3 cm³/mol. The molecule has 1 saturated heterocycles. The molecular weight excluding hydrogens is 318 g/mol. The summed E-state index contributed by atoms with van der Waals surface area (Å²) in [7, 11) is 0. The molecule has 4 heteroatoms. The van der Waals surface area contributed by atoms with Crippen molar-refractivity contribution in [2.75, 3.05) is 17.2 Å². The molecule has 0 aromatic heterocycles. The van der Waals surface area contributed by atoms with E-state index in [2.05, 4.69) is 42.5 Å². The van der Waals surface area contributed by atoms with Gasteiger partial charge in [-0.05, 0) is 46.7 Å². The highest BCUT2D eigenvalue weighted by Crippen LogP contribution is 2.39. The Morgan fingerprint density at radius 3 is 2.79 bits per heavy atom. The summed E-state index contributed by atoms with van der Waals surface area (Å²) in [6.07, 6.45) is 1.47. The topological polar surface area (TPSA) is 37.4 Å². The number of fused-ring (bicyclic) bond motifs is 3. The van der Waals surface area contributed by atoms with Gasteiger partial charge in [0.15, 0.2) is 5.12 Å². The molecule has 1 amide bonds. The van der Waals surface area contributed by atoms with E-state index in [1.54, 1.807) is 6.92 Å². The second-order valence-electron chi connectivity index (χ2n) is 6.55. The van der Waals surface area contributed by atoms with Crippen LogP contribution in [0.2, 0.25) is 0 Å². The second kappa shape index (κ2) is 6.10. The van der Waals surface area contributed by atoms with Crippen LogP contribution in [0.15, 0.2) is 42.5 Å². The zero-order chi connectivity index (χ0) is 16.7. The van der Waals surface area contributed by atoms with E-state index in [9.17, 15) is 9.59 Å². The molecule has 1 heterocycles. The van der Waals surface area contributed by atoms with E-state index in [0.717, 1.165) is 17.9 Å². The van der Waals surface area contributed by atoms with Crippen LogP contribution in [-0.4, -0.2) is 23.3 Å². The molecular formula is C20H19NO2S. The van der Waals surface area contributed by atoms with Crippen molar-refractivity contribution in [3.05, 3.63) is 53.6 Å². The van der Waals surface area contributed by atoms with Gasteiger partial charge in [-0.1, -0.05) is 42.1 Å². The van der Waals surface area contributed by atoms with Crippen LogP contribution >= 0.6 is 11.8 Å². The van der Waals surface area contributed by atoms with Gasteiger partial charge in [0.25, 0.3) is 0 Å². The summed E-state index contributed by atoms with van der Waals surface area (Å²) in [5.41, 5.74) is 6.23. The summed E-state index contributed by atoms with van der Waals surface area (Å²) in [6, 6.07) is 14.8. The molecule has 0 N–H and O–H groups in total. The van der Waals surface area contributed by atoms with E-state index in [-0.39, 0.29) is 16.9 Å². The fourth-order valence-electron chi connectivity index (χ4n) is 3.68. The molecule has 0 bridgehead atoms. The summed E-state index contributed by atoms with van der Waals surface area (Å²) in [5, 5.41) is 0.121. The van der Waals surface area contributed by atoms with Crippen LogP contribution in [0, 0.1) is 5.92 Å². The van der Waals surface area contributed by atoms with E-state index < -0.39 is 0 Å². The molecule has 2 aromatic carbocycles. The standard InChI is InChI=1S/C20H19NO2S/c1-13(22)24-12-14-8-20(23)21(11-14)17-6-7-19-16(10-17)9-15-4-2-3-5-18(15)19/h2-7,10,14H,8-9,11-12H2,1H3. The third-order valence-corrected chi connectivity index (χ3v) is 5.86. The molecule has 0 radical (unpaired) electrons. The first-order chi connectivity index (χ1) is 11.6. The number of hydrogen-bond acceptors (Lipinski definition) is 3. The van der Waals surface area contributed by atoms with Crippen molar-refractivity contribution < 1.29 is 9.59 Å². The summed E-state index contributed by atoms with van der Waals surface area (Å²) in [6.45, 7) is 2.29. The Kier molecular flexibility index (Phi) is 3.93. The summed E-state index contributed by atoms with van der Waals surface area (Å²) >= 11 is 1.32. The predicted octanol–water partition coefficient (Wildman–Crippen LogP) is 3.89. The third kappa shape index (κ3) is 2.75. The maximum atomic E-state index is 12.4. The van der Waals surface area contributed by atoms with Gasteiger partial charge in [0.05, 0.1) is 0 Å². The smallest absolute Gasteiger partial charge is 0.227 e. The molecule has 1 aliphatic heterocycles. The molecule has 3 nitrogen and oxygen atoms in total. The summed E-state index contributed by atoms with van der Waals surface area (Å²) in [4.78, 5) is 25.4. The summed E-state index contributed by atoms with van der Waals surface area (Å²) in [5.74, 6) is 1.16. The molecule has 0 spiro atoms. The van der Waals surface area contributed by atoms with Gasteiger partial charge in [-0.25, -0.2) is 0 Å². The first-order valence-corrected chi connectivity index (χ1v) is 9.25. The Labute approximate surface area is 146 Å². The van der Waals surface area contributed by atoms with Crippen LogP contribution in [-0.2, 0) is 16.0 Å². The molecule has 1 fully saturated rings. The van der Waals surface area contributed by atoms with E-state index in [1.165, 1.54) is 34.0 Å². The zero-order valence-electron chi connectivity index (χ0n) is 13.6. The average molecular weight is 337 g/mol. The van der Waals surface area contributed by atoms with Crippen molar-refractivity contribution in [1.82, 2.24) is 0 Å². The van der Waals surface area contributed by atoms with Crippen molar-refractivity contribution in [3.63, 3.8) is 0 Å². The quantitative estimate of drug-likeness (QED) is 0.728. The number of carbonyl (C=O) groups is 2. The van der Waals surface area contributed by atoms with Crippen molar-refractivity contribution in [2.45, 2.75) is 19.8 Å². The van der Waals surface area contributed by atoms with Crippen LogP contribution < -0.4 is 4.90 Å². The average Bonchev–Trinajstić information content (AvgIpc) is 3.12. The Balaban J connectivity index is 1.55. The Hall–Kier alpha value is -2.07. The van der Waals surface area contributed by atoms with E-state index in [1.807, 2.05) is 4.90 Å². The lowest BCUT2D eigenvalue weighted by atomic mass is 10.1. The van der Waals surface area contributed by atoms with Crippen molar-refractivity contribution in [2.24, 2.45) is 5.92 Å². The molecule has 24 heavy (non-hydrogen) atoms. The van der Waals surface area contributed by atoms with E-state index in [0.29, 0.717) is 13.0 Å². The Bertz CT molecular complexity index is 830. The van der Waals surface area contributed by atoms with Crippen LogP contribution in [0.4, 0.5) is 5.69 Å². The van der Waals surface area contributed by atoms with Crippen molar-refractivity contribution >= 4 is 28.5 Å².